The van der Waals surface area contributed by atoms with Gasteiger partial charge in [-0.1, -0.05) is 6.42 Å². The molecule has 0 unspecified atom stereocenters. The number of thioether (sulfide) groups is 2. The lowest BCUT2D eigenvalue weighted by Crippen LogP contribution is -2.42. The lowest BCUT2D eigenvalue weighted by Gasteiger charge is -2.44. The molecule has 2 nitrogen and oxygen atoms in total. The van der Waals surface area contributed by atoms with E-state index < -0.39 is 0 Å². The van der Waals surface area contributed by atoms with Gasteiger partial charge in [0.2, 0.25) is 0 Å². The first-order chi connectivity index (χ1) is 6.89. The molecule has 1 aliphatic carbocycles. The van der Waals surface area contributed by atoms with Crippen LogP contribution in [0.3, 0.4) is 0 Å². The summed E-state index contributed by atoms with van der Waals surface area (Å²) in [5.41, 5.74) is 0. The normalized spacial score (nSPS) is 19.5. The fourth-order valence-corrected chi connectivity index (χ4v) is 4.16. The average Bonchev–Trinajstić information content (AvgIpc) is 2.09. The van der Waals surface area contributed by atoms with Gasteiger partial charge in [-0.2, -0.15) is 0 Å². The number of rotatable bonds is 5. The van der Waals surface area contributed by atoms with Gasteiger partial charge in [0.05, 0.1) is 8.83 Å². The molecule has 0 amide bonds. The Balaban J connectivity index is 2.49. The van der Waals surface area contributed by atoms with E-state index in [1.165, 1.54) is 26.2 Å². The fourth-order valence-electron chi connectivity index (χ4n) is 1.64. The Kier molecular flexibility index (Phi) is 4.41. The number of carbonyl (C=O) groups excluding carboxylic acids is 1. The van der Waals surface area contributed by atoms with Gasteiger partial charge in [-0.05, 0) is 32.9 Å². The number of hydrogen-bond acceptors (Lipinski definition) is 4. The van der Waals surface area contributed by atoms with Crippen molar-refractivity contribution in [1.82, 2.24) is 0 Å². The fraction of sp³-hybridized carbons (Fsp3) is 0.909. The molecule has 4 heteroatoms. The van der Waals surface area contributed by atoms with Gasteiger partial charge < -0.3 is 4.74 Å². The van der Waals surface area contributed by atoms with Gasteiger partial charge >= 0.3 is 5.97 Å². The molecule has 0 radical (unpaired) electrons. The number of hydrogen-bond donors (Lipinski definition) is 0. The van der Waals surface area contributed by atoms with Crippen molar-refractivity contribution in [2.75, 3.05) is 12.9 Å². The predicted molar refractivity (Wildman–Crippen MR) is 68.4 cm³/mol. The minimum absolute atomic E-state index is 0.163. The molecule has 0 bridgehead atoms. The molecule has 1 saturated carbocycles. The highest BCUT2D eigenvalue weighted by molar-refractivity contribution is 8.18. The molecule has 1 fully saturated rings. The zero-order valence-electron chi connectivity index (χ0n) is 9.96. The van der Waals surface area contributed by atoms with Crippen LogP contribution in [-0.4, -0.2) is 27.7 Å². The first kappa shape index (κ1) is 13.2. The van der Waals surface area contributed by atoms with E-state index in [4.69, 9.17) is 4.74 Å². The summed E-state index contributed by atoms with van der Waals surface area (Å²) in [5.74, 6) is -0.163. The van der Waals surface area contributed by atoms with E-state index in [0.717, 1.165) is 0 Å². The van der Waals surface area contributed by atoms with Crippen molar-refractivity contribution in [2.24, 2.45) is 0 Å². The highest BCUT2D eigenvalue weighted by atomic mass is 32.2. The Hall–Kier alpha value is 0.170. The smallest absolute Gasteiger partial charge is 0.302 e. The third kappa shape index (κ3) is 3.91. The Bertz CT molecular complexity index is 235. The first-order valence-corrected chi connectivity index (χ1v) is 7.32. The first-order valence-electron chi connectivity index (χ1n) is 5.28. The molecule has 1 rings (SSSR count). The van der Waals surface area contributed by atoms with E-state index in [2.05, 4.69) is 20.1 Å². The van der Waals surface area contributed by atoms with Gasteiger partial charge in [0.15, 0.2) is 0 Å². The summed E-state index contributed by atoms with van der Waals surface area (Å²) in [6.45, 7) is 6.53. The van der Waals surface area contributed by atoms with Crippen molar-refractivity contribution in [3.05, 3.63) is 0 Å². The molecule has 0 aromatic rings. The lowest BCUT2D eigenvalue weighted by molar-refractivity contribution is -0.142. The highest BCUT2D eigenvalue weighted by Crippen LogP contribution is 2.52. The maximum atomic E-state index is 10.8. The molecule has 1 aliphatic rings. The Morgan fingerprint density at radius 2 is 2.07 bits per heavy atom. The van der Waals surface area contributed by atoms with Crippen LogP contribution in [0.1, 0.15) is 40.0 Å². The van der Waals surface area contributed by atoms with Crippen LogP contribution in [0, 0.1) is 0 Å². The van der Waals surface area contributed by atoms with Crippen LogP contribution in [0.2, 0.25) is 0 Å². The van der Waals surface area contributed by atoms with E-state index in [-0.39, 0.29) is 14.8 Å². The van der Waals surface area contributed by atoms with Gasteiger partial charge in [-0.3, -0.25) is 4.79 Å². The second kappa shape index (κ2) is 5.00. The maximum Gasteiger partial charge on any atom is 0.302 e. The minimum Gasteiger partial charge on any atom is -0.464 e. The standard InChI is InChI=1S/C11H20O2S2/c1-9(12)13-8-11(6-5-7-11)15-10(2,3)14-4/h5-8H2,1-4H3. The van der Waals surface area contributed by atoms with Gasteiger partial charge in [0, 0.05) is 6.92 Å². The van der Waals surface area contributed by atoms with Crippen LogP contribution in [0.5, 0.6) is 0 Å². The molecular weight excluding hydrogens is 228 g/mol. The van der Waals surface area contributed by atoms with E-state index in [1.54, 1.807) is 0 Å². The van der Waals surface area contributed by atoms with Crippen LogP contribution in [-0.2, 0) is 9.53 Å². The highest BCUT2D eigenvalue weighted by Gasteiger charge is 2.43. The van der Waals surface area contributed by atoms with Crippen molar-refractivity contribution in [3.63, 3.8) is 0 Å². The molecule has 15 heavy (non-hydrogen) atoms. The third-order valence-corrected chi connectivity index (χ3v) is 5.94. The minimum atomic E-state index is -0.163. The molecule has 0 saturated heterocycles. The van der Waals surface area contributed by atoms with E-state index in [9.17, 15) is 4.79 Å². The van der Waals surface area contributed by atoms with Crippen molar-refractivity contribution in [1.29, 1.82) is 0 Å². The van der Waals surface area contributed by atoms with Crippen LogP contribution >= 0.6 is 23.5 Å². The van der Waals surface area contributed by atoms with E-state index in [0.29, 0.717) is 6.61 Å². The SMILES string of the molecule is CSC(C)(C)SC1(COC(C)=O)CCC1. The molecule has 0 spiro atoms. The molecule has 0 aromatic carbocycles. The lowest BCUT2D eigenvalue weighted by atomic mass is 9.85. The summed E-state index contributed by atoms with van der Waals surface area (Å²) in [7, 11) is 0. The summed E-state index contributed by atoms with van der Waals surface area (Å²) in [6.07, 6.45) is 5.74. The molecule has 0 aromatic heterocycles. The number of esters is 1. The van der Waals surface area contributed by atoms with Gasteiger partial charge in [0.25, 0.3) is 0 Å². The van der Waals surface area contributed by atoms with Crippen LogP contribution < -0.4 is 0 Å². The van der Waals surface area contributed by atoms with Gasteiger partial charge in [-0.15, -0.1) is 23.5 Å². The van der Waals surface area contributed by atoms with Crippen LogP contribution in [0.15, 0.2) is 0 Å². The average molecular weight is 248 g/mol. The molecule has 0 N–H and O–H groups in total. The number of ether oxygens (including phenoxy) is 1. The molecule has 0 aliphatic heterocycles. The molecule has 0 atom stereocenters. The summed E-state index contributed by atoms with van der Waals surface area (Å²) in [6, 6.07) is 0. The number of carbonyl (C=O) groups is 1. The van der Waals surface area contributed by atoms with Gasteiger partial charge in [-0.25, -0.2) is 0 Å². The monoisotopic (exact) mass is 248 g/mol. The van der Waals surface area contributed by atoms with E-state index in [1.807, 2.05) is 23.5 Å². The van der Waals surface area contributed by atoms with Crippen molar-refractivity contribution in [3.8, 4) is 0 Å². The summed E-state index contributed by atoms with van der Waals surface area (Å²) in [5, 5.41) is 0. The van der Waals surface area contributed by atoms with Crippen LogP contribution in [0.4, 0.5) is 0 Å². The zero-order valence-corrected chi connectivity index (χ0v) is 11.6. The van der Waals surface area contributed by atoms with E-state index >= 15 is 0 Å². The summed E-state index contributed by atoms with van der Waals surface area (Å²) >= 11 is 3.82. The Labute approximate surface area is 101 Å². The van der Waals surface area contributed by atoms with Gasteiger partial charge in [0.1, 0.15) is 6.61 Å². The quantitative estimate of drug-likeness (QED) is 0.551. The molecule has 88 valence electrons. The van der Waals surface area contributed by atoms with Crippen molar-refractivity contribution in [2.45, 2.75) is 48.9 Å². The summed E-state index contributed by atoms with van der Waals surface area (Å²) in [4.78, 5) is 10.8. The van der Waals surface area contributed by atoms with Crippen LogP contribution in [0.25, 0.3) is 0 Å². The topological polar surface area (TPSA) is 26.3 Å². The van der Waals surface area contributed by atoms with Crippen molar-refractivity contribution < 1.29 is 9.53 Å². The molecular formula is C11H20O2S2. The maximum absolute atomic E-state index is 10.8. The third-order valence-electron chi connectivity index (χ3n) is 2.76. The second-order valence-corrected chi connectivity index (χ2v) is 8.30. The second-order valence-electron chi connectivity index (χ2n) is 4.52. The predicted octanol–water partition coefficient (Wildman–Crippen LogP) is 3.30. The Morgan fingerprint density at radius 3 is 2.40 bits per heavy atom. The largest absolute Gasteiger partial charge is 0.464 e. The summed E-state index contributed by atoms with van der Waals surface area (Å²) < 4.78 is 5.57. The zero-order chi connectivity index (χ0) is 11.5. The molecule has 0 heterocycles. The van der Waals surface area contributed by atoms with Crippen molar-refractivity contribution >= 4 is 29.5 Å². The Morgan fingerprint density at radius 1 is 1.47 bits per heavy atom.